The maximum absolute atomic E-state index is 10.1. The van der Waals surface area contributed by atoms with Crippen molar-refractivity contribution in [3.8, 4) is 0 Å². The molecule has 0 aliphatic rings. The Labute approximate surface area is 57.5 Å². The second kappa shape index (κ2) is 2.90. The van der Waals surface area contributed by atoms with Gasteiger partial charge < -0.3 is 0 Å². The van der Waals surface area contributed by atoms with Crippen LogP contribution in [0.2, 0.25) is 0 Å². The van der Waals surface area contributed by atoms with Gasteiger partial charge in [-0.2, -0.15) is 0 Å². The van der Waals surface area contributed by atoms with Crippen molar-refractivity contribution in [1.82, 2.24) is 0 Å². The standard InChI is InChI=1S/C8H15O/c1-7(6-9)5-8(2,3)4/h6H,5H2,1-4H3/q+1. The Morgan fingerprint density at radius 2 is 1.89 bits per heavy atom. The van der Waals surface area contributed by atoms with Gasteiger partial charge in [-0.05, 0) is 0 Å². The minimum atomic E-state index is 0.255. The number of rotatable bonds is 2. The molecule has 0 rings (SSSR count). The molecule has 1 nitrogen and oxygen atoms in total. The minimum absolute atomic E-state index is 0.255. The Kier molecular flexibility index (Phi) is 2.75. The highest BCUT2D eigenvalue weighted by molar-refractivity contribution is 5.67. The summed E-state index contributed by atoms with van der Waals surface area (Å²) in [6, 6.07) is 0. The fourth-order valence-electron chi connectivity index (χ4n) is 0.878. The number of hydrogen-bond acceptors (Lipinski definition) is 1. The Morgan fingerprint density at radius 1 is 1.44 bits per heavy atom. The number of aldehydes is 1. The van der Waals surface area contributed by atoms with Gasteiger partial charge in [0.2, 0.25) is 0 Å². The predicted molar refractivity (Wildman–Crippen MR) is 39.1 cm³/mol. The average molecular weight is 127 g/mol. The quantitative estimate of drug-likeness (QED) is 0.410. The normalized spacial score (nSPS) is 11.1. The van der Waals surface area contributed by atoms with Crippen LogP contribution < -0.4 is 0 Å². The van der Waals surface area contributed by atoms with Crippen LogP contribution in [0.3, 0.4) is 0 Å². The first-order chi connectivity index (χ1) is 3.95. The van der Waals surface area contributed by atoms with Crippen LogP contribution in [-0.4, -0.2) is 6.29 Å². The number of hydrogen-bond donors (Lipinski definition) is 0. The predicted octanol–water partition coefficient (Wildman–Crippen LogP) is 2.22. The lowest BCUT2D eigenvalue weighted by Gasteiger charge is -2.12. The van der Waals surface area contributed by atoms with Gasteiger partial charge in [-0.15, -0.1) is 0 Å². The first-order valence-electron chi connectivity index (χ1n) is 3.23. The van der Waals surface area contributed by atoms with Gasteiger partial charge >= 0.3 is 0 Å². The van der Waals surface area contributed by atoms with Crippen molar-refractivity contribution in [3.05, 3.63) is 5.92 Å². The monoisotopic (exact) mass is 127 g/mol. The summed E-state index contributed by atoms with van der Waals surface area (Å²) in [5, 5.41) is 0. The third kappa shape index (κ3) is 5.41. The molecule has 0 saturated carbocycles. The molecule has 0 fully saturated rings. The molecule has 1 heteroatoms. The van der Waals surface area contributed by atoms with Crippen molar-refractivity contribution >= 4 is 6.29 Å². The van der Waals surface area contributed by atoms with Gasteiger partial charge in [-0.1, -0.05) is 20.8 Å². The van der Waals surface area contributed by atoms with Gasteiger partial charge in [-0.25, -0.2) is 4.79 Å². The molecule has 0 atom stereocenters. The zero-order valence-corrected chi connectivity index (χ0v) is 6.69. The van der Waals surface area contributed by atoms with Gasteiger partial charge in [0.05, 0.1) is 6.92 Å². The van der Waals surface area contributed by atoms with Crippen LogP contribution >= 0.6 is 0 Å². The molecule has 9 heavy (non-hydrogen) atoms. The zero-order chi connectivity index (χ0) is 7.49. The van der Waals surface area contributed by atoms with E-state index in [-0.39, 0.29) is 5.41 Å². The zero-order valence-electron chi connectivity index (χ0n) is 6.69. The smallest absolute Gasteiger partial charge is 0.247 e. The van der Waals surface area contributed by atoms with Crippen LogP contribution in [0.1, 0.15) is 34.1 Å². The van der Waals surface area contributed by atoms with E-state index in [0.717, 1.165) is 18.6 Å². The van der Waals surface area contributed by atoms with Gasteiger partial charge in [0.15, 0.2) is 5.92 Å². The SMILES string of the molecule is C[C+](C=O)CC(C)(C)C. The molecule has 0 bridgehead atoms. The number of carbonyl (C=O) groups excluding carboxylic acids is 1. The van der Waals surface area contributed by atoms with Crippen molar-refractivity contribution in [2.24, 2.45) is 5.41 Å². The summed E-state index contributed by atoms with van der Waals surface area (Å²) in [6.07, 6.45) is 1.84. The Hall–Kier alpha value is -0.460. The molecule has 0 heterocycles. The highest BCUT2D eigenvalue weighted by Crippen LogP contribution is 2.23. The first kappa shape index (κ1) is 8.54. The third-order valence-corrected chi connectivity index (χ3v) is 1.01. The van der Waals surface area contributed by atoms with E-state index in [4.69, 9.17) is 0 Å². The molecule has 0 spiro atoms. The molecule has 0 aliphatic carbocycles. The minimum Gasteiger partial charge on any atom is -0.247 e. The van der Waals surface area contributed by atoms with E-state index in [0.29, 0.717) is 0 Å². The van der Waals surface area contributed by atoms with Crippen LogP contribution in [0.5, 0.6) is 0 Å². The molecule has 0 aromatic carbocycles. The summed E-state index contributed by atoms with van der Waals surface area (Å²) in [5.41, 5.74) is 0.255. The summed E-state index contributed by atoms with van der Waals surface area (Å²) in [5.74, 6) is 0.933. The molecule has 0 aromatic rings. The van der Waals surface area contributed by atoms with Gasteiger partial charge in [0.25, 0.3) is 6.29 Å². The van der Waals surface area contributed by atoms with Gasteiger partial charge in [0.1, 0.15) is 6.42 Å². The fraction of sp³-hybridized carbons (Fsp3) is 0.750. The first-order valence-corrected chi connectivity index (χ1v) is 3.23. The van der Waals surface area contributed by atoms with Crippen LogP contribution in [0.15, 0.2) is 0 Å². The maximum Gasteiger partial charge on any atom is 0.296 e. The molecule has 0 radical (unpaired) electrons. The summed E-state index contributed by atoms with van der Waals surface area (Å²) < 4.78 is 0. The van der Waals surface area contributed by atoms with E-state index in [2.05, 4.69) is 20.8 Å². The average Bonchev–Trinajstić information content (AvgIpc) is 1.62. The van der Waals surface area contributed by atoms with Crippen molar-refractivity contribution in [1.29, 1.82) is 0 Å². The molecule has 0 N–H and O–H groups in total. The Morgan fingerprint density at radius 3 is 2.00 bits per heavy atom. The second-order valence-corrected chi connectivity index (χ2v) is 3.70. The molecule has 0 saturated heterocycles. The van der Waals surface area contributed by atoms with Crippen LogP contribution in [0.4, 0.5) is 0 Å². The maximum atomic E-state index is 10.1. The fourth-order valence-corrected chi connectivity index (χ4v) is 0.878. The van der Waals surface area contributed by atoms with Crippen LogP contribution in [0.25, 0.3) is 0 Å². The molecular weight excluding hydrogens is 112 g/mol. The van der Waals surface area contributed by atoms with Crippen LogP contribution in [0, 0.1) is 11.3 Å². The van der Waals surface area contributed by atoms with E-state index in [1.54, 1.807) is 0 Å². The molecular formula is C8H15O+. The van der Waals surface area contributed by atoms with Gasteiger partial charge in [0, 0.05) is 5.41 Å². The van der Waals surface area contributed by atoms with E-state index < -0.39 is 0 Å². The van der Waals surface area contributed by atoms with Crippen molar-refractivity contribution in [2.75, 3.05) is 0 Å². The van der Waals surface area contributed by atoms with Crippen LogP contribution in [-0.2, 0) is 4.79 Å². The highest BCUT2D eigenvalue weighted by atomic mass is 16.1. The lowest BCUT2D eigenvalue weighted by atomic mass is 9.86. The van der Waals surface area contributed by atoms with Crippen molar-refractivity contribution < 1.29 is 4.79 Å². The van der Waals surface area contributed by atoms with E-state index in [9.17, 15) is 4.79 Å². The topological polar surface area (TPSA) is 17.1 Å². The molecule has 0 amide bonds. The lowest BCUT2D eigenvalue weighted by molar-refractivity contribution is -0.106. The summed E-state index contributed by atoms with van der Waals surface area (Å²) in [6.45, 7) is 8.25. The Bertz CT molecular complexity index is 89.2. The van der Waals surface area contributed by atoms with Crippen molar-refractivity contribution in [3.63, 3.8) is 0 Å². The molecule has 0 unspecified atom stereocenters. The van der Waals surface area contributed by atoms with E-state index >= 15 is 0 Å². The summed E-state index contributed by atoms with van der Waals surface area (Å²) in [7, 11) is 0. The molecule has 52 valence electrons. The largest absolute Gasteiger partial charge is 0.296 e. The second-order valence-electron chi connectivity index (χ2n) is 3.70. The third-order valence-electron chi connectivity index (χ3n) is 1.01. The number of carbonyl (C=O) groups is 1. The Balaban J connectivity index is 3.59. The van der Waals surface area contributed by atoms with Gasteiger partial charge in [-0.3, -0.25) is 0 Å². The lowest BCUT2D eigenvalue weighted by Crippen LogP contribution is -2.09. The van der Waals surface area contributed by atoms with E-state index in [1.807, 2.05) is 6.92 Å². The van der Waals surface area contributed by atoms with E-state index in [1.165, 1.54) is 0 Å². The molecule has 0 aromatic heterocycles. The highest BCUT2D eigenvalue weighted by Gasteiger charge is 2.22. The van der Waals surface area contributed by atoms with Crippen molar-refractivity contribution in [2.45, 2.75) is 34.1 Å². The summed E-state index contributed by atoms with van der Waals surface area (Å²) >= 11 is 0. The molecule has 0 aliphatic heterocycles. The summed E-state index contributed by atoms with van der Waals surface area (Å²) in [4.78, 5) is 10.1.